The maximum absolute atomic E-state index is 12.8. The number of hydrogen-bond acceptors (Lipinski definition) is 5. The molecule has 0 N–H and O–H groups in total. The minimum Gasteiger partial charge on any atom is -0.348 e. The normalized spacial score (nSPS) is 22.5. The summed E-state index contributed by atoms with van der Waals surface area (Å²) >= 11 is 1.63. The number of aromatic nitrogens is 2. The van der Waals surface area contributed by atoms with Gasteiger partial charge >= 0.3 is 0 Å². The minimum atomic E-state index is -0.238. The third-order valence-corrected chi connectivity index (χ3v) is 5.72. The van der Waals surface area contributed by atoms with E-state index in [2.05, 4.69) is 14.8 Å². The number of ether oxygens (including phenoxy) is 2. The van der Waals surface area contributed by atoms with Crippen molar-refractivity contribution in [3.8, 4) is 0 Å². The van der Waals surface area contributed by atoms with E-state index in [1.54, 1.807) is 11.3 Å². The van der Waals surface area contributed by atoms with Crippen molar-refractivity contribution in [3.63, 3.8) is 0 Å². The Morgan fingerprint density at radius 1 is 1.38 bits per heavy atom. The number of amides is 1. The third kappa shape index (κ3) is 3.08. The van der Waals surface area contributed by atoms with Crippen molar-refractivity contribution in [1.82, 2.24) is 14.3 Å². The molecule has 2 fully saturated rings. The second-order valence-electron chi connectivity index (χ2n) is 6.52. The maximum atomic E-state index is 12.8. The number of imidazole rings is 1. The van der Waals surface area contributed by atoms with E-state index in [0.29, 0.717) is 19.6 Å². The molecule has 0 saturated carbocycles. The molecule has 2 aromatic heterocycles. The zero-order chi connectivity index (χ0) is 16.5. The summed E-state index contributed by atoms with van der Waals surface area (Å²) in [6.07, 6.45) is 6.24. The van der Waals surface area contributed by atoms with Crippen LogP contribution in [0, 0.1) is 6.92 Å². The zero-order valence-corrected chi connectivity index (χ0v) is 14.8. The van der Waals surface area contributed by atoms with E-state index in [1.807, 2.05) is 18.0 Å². The summed E-state index contributed by atoms with van der Waals surface area (Å²) in [5, 5.41) is 2.10. The summed E-state index contributed by atoms with van der Waals surface area (Å²) in [6.45, 7) is 4.08. The number of nitrogens with zero attached hydrogens (tertiary/aromatic N) is 3. The van der Waals surface area contributed by atoms with Crippen molar-refractivity contribution in [1.29, 1.82) is 0 Å². The van der Waals surface area contributed by atoms with Crippen molar-refractivity contribution in [2.75, 3.05) is 19.8 Å². The number of piperidine rings is 1. The molecular formula is C17H23N3O3S. The van der Waals surface area contributed by atoms with Crippen LogP contribution in [0.3, 0.4) is 0 Å². The van der Waals surface area contributed by atoms with Gasteiger partial charge in [0.25, 0.3) is 0 Å². The van der Waals surface area contributed by atoms with E-state index in [-0.39, 0.29) is 18.2 Å². The van der Waals surface area contributed by atoms with Crippen LogP contribution in [0.2, 0.25) is 0 Å². The van der Waals surface area contributed by atoms with E-state index < -0.39 is 0 Å². The van der Waals surface area contributed by atoms with Crippen molar-refractivity contribution >= 4 is 22.2 Å². The predicted molar refractivity (Wildman–Crippen MR) is 91.2 cm³/mol. The van der Waals surface area contributed by atoms with Crippen LogP contribution >= 0.6 is 11.3 Å². The summed E-state index contributed by atoms with van der Waals surface area (Å²) in [5.41, 5.74) is 2.17. The third-order valence-electron chi connectivity index (χ3n) is 4.83. The molecule has 130 valence electrons. The van der Waals surface area contributed by atoms with Crippen molar-refractivity contribution < 1.29 is 14.3 Å². The van der Waals surface area contributed by atoms with Crippen LogP contribution in [-0.4, -0.2) is 52.3 Å². The fourth-order valence-electron chi connectivity index (χ4n) is 3.65. The average Bonchev–Trinajstić information content (AvgIpc) is 3.30. The summed E-state index contributed by atoms with van der Waals surface area (Å²) < 4.78 is 13.4. The Kier molecular flexibility index (Phi) is 4.56. The molecular weight excluding hydrogens is 326 g/mol. The first-order chi connectivity index (χ1) is 11.7. The number of aryl methyl sites for hydroxylation is 2. The number of likely N-dealkylation sites (tertiary alicyclic amines) is 1. The summed E-state index contributed by atoms with van der Waals surface area (Å²) in [7, 11) is 0. The van der Waals surface area contributed by atoms with E-state index in [9.17, 15) is 4.79 Å². The standard InChI is InChI=1S/C17H23N3O3S/c1-12-10-20-13(11-24-17(20)18-12)5-6-15(21)19-7-3-2-4-14(19)16-22-8-9-23-16/h10-11,14,16H,2-9H2,1H3/t14-/m1/s1. The fraction of sp³-hybridized carbons (Fsp3) is 0.647. The summed E-state index contributed by atoms with van der Waals surface area (Å²) in [6, 6.07) is 0.0757. The molecule has 2 aliphatic rings. The lowest BCUT2D eigenvalue weighted by atomic mass is 10.0. The topological polar surface area (TPSA) is 56.1 Å². The zero-order valence-electron chi connectivity index (χ0n) is 13.9. The first-order valence-corrected chi connectivity index (χ1v) is 9.55. The highest BCUT2D eigenvalue weighted by atomic mass is 32.1. The van der Waals surface area contributed by atoms with E-state index in [1.165, 1.54) is 0 Å². The molecule has 4 heterocycles. The highest BCUT2D eigenvalue weighted by Crippen LogP contribution is 2.25. The van der Waals surface area contributed by atoms with Gasteiger partial charge in [0.2, 0.25) is 5.91 Å². The summed E-state index contributed by atoms with van der Waals surface area (Å²) in [4.78, 5) is 20.3. The first kappa shape index (κ1) is 16.1. The van der Waals surface area contributed by atoms with Gasteiger partial charge < -0.3 is 14.4 Å². The number of fused-ring (bicyclic) bond motifs is 1. The van der Waals surface area contributed by atoms with Crippen molar-refractivity contribution in [2.45, 2.75) is 51.4 Å². The molecule has 0 unspecified atom stereocenters. The van der Waals surface area contributed by atoms with E-state index in [4.69, 9.17) is 9.47 Å². The van der Waals surface area contributed by atoms with Gasteiger partial charge in [-0.25, -0.2) is 4.98 Å². The van der Waals surface area contributed by atoms with Gasteiger partial charge in [-0.1, -0.05) is 0 Å². The Morgan fingerprint density at radius 2 is 2.21 bits per heavy atom. The van der Waals surface area contributed by atoms with Crippen LogP contribution in [0.4, 0.5) is 0 Å². The van der Waals surface area contributed by atoms with Gasteiger partial charge in [-0.05, 0) is 32.6 Å². The van der Waals surface area contributed by atoms with Crippen LogP contribution in [0.1, 0.15) is 37.1 Å². The van der Waals surface area contributed by atoms with Gasteiger partial charge in [-0.3, -0.25) is 9.20 Å². The maximum Gasteiger partial charge on any atom is 0.223 e. The highest BCUT2D eigenvalue weighted by molar-refractivity contribution is 7.15. The molecule has 1 amide bonds. The second kappa shape index (κ2) is 6.82. The van der Waals surface area contributed by atoms with Gasteiger partial charge in [-0.15, -0.1) is 11.3 Å². The Bertz CT molecular complexity index is 720. The molecule has 7 heteroatoms. The summed E-state index contributed by atoms with van der Waals surface area (Å²) in [5.74, 6) is 0.204. The molecule has 2 aliphatic heterocycles. The highest BCUT2D eigenvalue weighted by Gasteiger charge is 2.35. The number of rotatable bonds is 4. The smallest absolute Gasteiger partial charge is 0.223 e. The second-order valence-corrected chi connectivity index (χ2v) is 7.36. The lowest BCUT2D eigenvalue weighted by molar-refractivity contribution is -0.150. The largest absolute Gasteiger partial charge is 0.348 e. The Balaban J connectivity index is 1.42. The van der Waals surface area contributed by atoms with Gasteiger partial charge in [0.1, 0.15) is 0 Å². The number of thiazole rings is 1. The average molecular weight is 349 g/mol. The number of carbonyl (C=O) groups is 1. The van der Waals surface area contributed by atoms with Gasteiger partial charge in [0, 0.05) is 30.2 Å². The van der Waals surface area contributed by atoms with Crippen LogP contribution in [-0.2, 0) is 20.7 Å². The molecule has 0 aliphatic carbocycles. The minimum absolute atomic E-state index is 0.0757. The van der Waals surface area contributed by atoms with Crippen LogP contribution in [0.15, 0.2) is 11.6 Å². The lowest BCUT2D eigenvalue weighted by Gasteiger charge is -2.38. The van der Waals surface area contributed by atoms with Crippen LogP contribution in [0.5, 0.6) is 0 Å². The molecule has 1 atom stereocenters. The molecule has 2 aromatic rings. The van der Waals surface area contributed by atoms with Gasteiger partial charge in [0.05, 0.1) is 24.9 Å². The quantitative estimate of drug-likeness (QED) is 0.850. The molecule has 2 saturated heterocycles. The number of carbonyl (C=O) groups excluding carboxylic acids is 1. The molecule has 24 heavy (non-hydrogen) atoms. The Hall–Kier alpha value is -1.44. The Morgan fingerprint density at radius 3 is 3.04 bits per heavy atom. The fourth-order valence-corrected chi connectivity index (χ4v) is 4.60. The first-order valence-electron chi connectivity index (χ1n) is 8.67. The molecule has 0 spiro atoms. The predicted octanol–water partition coefficient (Wildman–Crippen LogP) is 2.39. The van der Waals surface area contributed by atoms with E-state index >= 15 is 0 Å². The van der Waals surface area contributed by atoms with Crippen LogP contribution in [0.25, 0.3) is 4.96 Å². The Labute approximate surface area is 145 Å². The van der Waals surface area contributed by atoms with Crippen molar-refractivity contribution in [2.24, 2.45) is 0 Å². The van der Waals surface area contributed by atoms with E-state index in [0.717, 1.165) is 48.6 Å². The van der Waals surface area contributed by atoms with Crippen molar-refractivity contribution in [3.05, 3.63) is 23.0 Å². The molecule has 0 bridgehead atoms. The number of hydrogen-bond donors (Lipinski definition) is 0. The van der Waals surface area contributed by atoms with Crippen LogP contribution < -0.4 is 0 Å². The lowest BCUT2D eigenvalue weighted by Crippen LogP contribution is -2.50. The monoisotopic (exact) mass is 349 g/mol. The van der Waals surface area contributed by atoms with Gasteiger partial charge in [-0.2, -0.15) is 0 Å². The molecule has 4 rings (SSSR count). The molecule has 0 radical (unpaired) electrons. The molecule has 0 aromatic carbocycles. The SMILES string of the molecule is Cc1cn2c(CCC(=O)N3CCCC[C@@H]3C3OCCO3)csc2n1. The molecule has 6 nitrogen and oxygen atoms in total. The van der Waals surface area contributed by atoms with Gasteiger partial charge in [0.15, 0.2) is 11.3 Å².